The first-order chi connectivity index (χ1) is 6.78. The Morgan fingerprint density at radius 1 is 1.47 bits per heavy atom. The molecule has 0 aromatic heterocycles. The molecule has 3 heteroatoms. The second-order valence-electron chi connectivity index (χ2n) is 5.03. The molecule has 15 heavy (non-hydrogen) atoms. The maximum absolute atomic E-state index is 11.8. The largest absolute Gasteiger partial charge is 0.364 e. The summed E-state index contributed by atoms with van der Waals surface area (Å²) < 4.78 is 5.43. The molecule has 0 rings (SSSR count). The van der Waals surface area contributed by atoms with Crippen molar-refractivity contribution in [1.29, 1.82) is 0 Å². The van der Waals surface area contributed by atoms with Crippen molar-refractivity contribution >= 4 is 5.91 Å². The zero-order valence-electron chi connectivity index (χ0n) is 10.5. The van der Waals surface area contributed by atoms with Gasteiger partial charge in [0, 0.05) is 5.54 Å². The van der Waals surface area contributed by atoms with Crippen molar-refractivity contribution in [1.82, 2.24) is 5.32 Å². The van der Waals surface area contributed by atoms with Gasteiger partial charge in [-0.25, -0.2) is 0 Å². The first-order valence-corrected chi connectivity index (χ1v) is 5.32. The van der Waals surface area contributed by atoms with Crippen molar-refractivity contribution in [2.24, 2.45) is 5.92 Å². The number of nitrogens with one attached hydrogen (secondary N) is 1. The van der Waals surface area contributed by atoms with E-state index in [1.807, 2.05) is 34.6 Å². The van der Waals surface area contributed by atoms with Crippen LogP contribution in [0.4, 0.5) is 0 Å². The Bertz CT molecular complexity index is 216. The number of amides is 1. The predicted molar refractivity (Wildman–Crippen MR) is 62.7 cm³/mol. The quantitative estimate of drug-likeness (QED) is 0.710. The van der Waals surface area contributed by atoms with E-state index in [9.17, 15) is 4.79 Å². The van der Waals surface area contributed by atoms with Gasteiger partial charge in [0.1, 0.15) is 6.10 Å². The zero-order chi connectivity index (χ0) is 12.1. The number of hydrogen-bond acceptors (Lipinski definition) is 2. The van der Waals surface area contributed by atoms with Crippen LogP contribution >= 0.6 is 0 Å². The molecule has 0 bridgehead atoms. The highest BCUT2D eigenvalue weighted by Crippen LogP contribution is 2.09. The van der Waals surface area contributed by atoms with Crippen LogP contribution in [-0.4, -0.2) is 24.2 Å². The van der Waals surface area contributed by atoms with Crippen molar-refractivity contribution in [3.05, 3.63) is 12.7 Å². The van der Waals surface area contributed by atoms with Crippen LogP contribution in [0.5, 0.6) is 0 Å². The monoisotopic (exact) mass is 213 g/mol. The average molecular weight is 213 g/mol. The van der Waals surface area contributed by atoms with Gasteiger partial charge in [0.2, 0.25) is 5.91 Å². The molecule has 0 aromatic rings. The van der Waals surface area contributed by atoms with E-state index in [0.717, 1.165) is 0 Å². The van der Waals surface area contributed by atoms with Gasteiger partial charge in [-0.15, -0.1) is 6.58 Å². The summed E-state index contributed by atoms with van der Waals surface area (Å²) in [6.45, 7) is 13.8. The molecular weight excluding hydrogens is 190 g/mol. The summed E-state index contributed by atoms with van der Waals surface area (Å²) in [6, 6.07) is 0. The van der Waals surface area contributed by atoms with Crippen molar-refractivity contribution in [3.63, 3.8) is 0 Å². The Balaban J connectivity index is 4.35. The topological polar surface area (TPSA) is 38.3 Å². The number of rotatable bonds is 5. The van der Waals surface area contributed by atoms with Crippen LogP contribution in [0.1, 0.15) is 34.6 Å². The van der Waals surface area contributed by atoms with E-state index >= 15 is 0 Å². The van der Waals surface area contributed by atoms with E-state index in [-0.39, 0.29) is 17.4 Å². The number of hydrogen-bond donors (Lipinski definition) is 1. The molecule has 0 saturated carbocycles. The molecule has 3 nitrogen and oxygen atoms in total. The van der Waals surface area contributed by atoms with Gasteiger partial charge < -0.3 is 10.1 Å². The molecule has 1 N–H and O–H groups in total. The van der Waals surface area contributed by atoms with Crippen molar-refractivity contribution in [2.75, 3.05) is 6.61 Å². The first-order valence-electron chi connectivity index (χ1n) is 5.32. The molecule has 0 aliphatic rings. The highest BCUT2D eigenvalue weighted by molar-refractivity contribution is 5.81. The second kappa shape index (κ2) is 5.91. The van der Waals surface area contributed by atoms with E-state index in [1.54, 1.807) is 6.08 Å². The van der Waals surface area contributed by atoms with E-state index < -0.39 is 6.10 Å². The summed E-state index contributed by atoms with van der Waals surface area (Å²) in [4.78, 5) is 11.8. The van der Waals surface area contributed by atoms with E-state index in [2.05, 4.69) is 11.9 Å². The van der Waals surface area contributed by atoms with E-state index in [1.165, 1.54) is 0 Å². The van der Waals surface area contributed by atoms with Crippen LogP contribution in [0.3, 0.4) is 0 Å². The molecular formula is C12H23NO2. The minimum atomic E-state index is -0.401. The zero-order valence-corrected chi connectivity index (χ0v) is 10.5. The van der Waals surface area contributed by atoms with Crippen LogP contribution in [0.15, 0.2) is 12.7 Å². The van der Waals surface area contributed by atoms with Crippen LogP contribution in [0.25, 0.3) is 0 Å². The number of ether oxygens (including phenoxy) is 1. The van der Waals surface area contributed by atoms with Crippen LogP contribution in [0.2, 0.25) is 0 Å². The lowest BCUT2D eigenvalue weighted by atomic mass is 10.0. The first kappa shape index (κ1) is 14.2. The molecule has 1 atom stereocenters. The predicted octanol–water partition coefficient (Wildman–Crippen LogP) is 2.13. The molecule has 88 valence electrons. The summed E-state index contributed by atoms with van der Waals surface area (Å²) in [6.07, 6.45) is 1.25. The standard InChI is InChI=1S/C12H23NO2/c1-7-8-15-10(9(2)3)11(14)13-12(4,5)6/h7,9-10H,1,8H2,2-6H3,(H,13,14). The summed E-state index contributed by atoms with van der Waals surface area (Å²) in [5.41, 5.74) is -0.220. The number of carbonyl (C=O) groups is 1. The summed E-state index contributed by atoms with van der Waals surface area (Å²) >= 11 is 0. The smallest absolute Gasteiger partial charge is 0.249 e. The third-order valence-electron chi connectivity index (χ3n) is 1.76. The summed E-state index contributed by atoms with van der Waals surface area (Å²) in [5, 5.41) is 2.91. The Kier molecular flexibility index (Phi) is 5.58. The van der Waals surface area contributed by atoms with Gasteiger partial charge in [-0.1, -0.05) is 19.9 Å². The molecule has 0 spiro atoms. The third kappa shape index (κ3) is 6.28. The lowest BCUT2D eigenvalue weighted by Crippen LogP contribution is -2.48. The van der Waals surface area contributed by atoms with Gasteiger partial charge in [-0.05, 0) is 26.7 Å². The molecule has 0 radical (unpaired) electrons. The van der Waals surface area contributed by atoms with Crippen molar-refractivity contribution in [3.8, 4) is 0 Å². The minimum absolute atomic E-state index is 0.0562. The summed E-state index contributed by atoms with van der Waals surface area (Å²) in [5.74, 6) is 0.103. The van der Waals surface area contributed by atoms with Crippen LogP contribution in [0, 0.1) is 5.92 Å². The maximum Gasteiger partial charge on any atom is 0.249 e. The molecule has 1 unspecified atom stereocenters. The van der Waals surface area contributed by atoms with Crippen molar-refractivity contribution < 1.29 is 9.53 Å². The van der Waals surface area contributed by atoms with E-state index in [4.69, 9.17) is 4.74 Å². The Morgan fingerprint density at radius 3 is 2.33 bits per heavy atom. The average Bonchev–Trinajstić information content (AvgIpc) is 2.00. The SMILES string of the molecule is C=CCOC(C(=O)NC(C)(C)C)C(C)C. The molecule has 0 aliphatic heterocycles. The summed E-state index contributed by atoms with van der Waals surface area (Å²) in [7, 11) is 0. The fraction of sp³-hybridized carbons (Fsp3) is 0.750. The van der Waals surface area contributed by atoms with Gasteiger partial charge in [0.05, 0.1) is 6.61 Å². The van der Waals surface area contributed by atoms with Gasteiger partial charge in [0.25, 0.3) is 0 Å². The molecule has 0 heterocycles. The molecule has 0 saturated heterocycles. The second-order valence-corrected chi connectivity index (χ2v) is 5.03. The van der Waals surface area contributed by atoms with Crippen LogP contribution in [-0.2, 0) is 9.53 Å². The Labute approximate surface area is 92.9 Å². The highest BCUT2D eigenvalue weighted by atomic mass is 16.5. The van der Waals surface area contributed by atoms with Crippen molar-refractivity contribution in [2.45, 2.75) is 46.3 Å². The minimum Gasteiger partial charge on any atom is -0.364 e. The third-order valence-corrected chi connectivity index (χ3v) is 1.76. The number of carbonyl (C=O) groups excluding carboxylic acids is 1. The maximum atomic E-state index is 11.8. The molecule has 0 fully saturated rings. The molecule has 0 aliphatic carbocycles. The van der Waals surface area contributed by atoms with Crippen LogP contribution < -0.4 is 5.32 Å². The molecule has 0 aromatic carbocycles. The lowest BCUT2D eigenvalue weighted by molar-refractivity contribution is -0.136. The fourth-order valence-corrected chi connectivity index (χ4v) is 1.18. The van der Waals surface area contributed by atoms with Gasteiger partial charge in [-0.3, -0.25) is 4.79 Å². The Morgan fingerprint density at radius 2 is 2.00 bits per heavy atom. The normalized spacial score (nSPS) is 13.7. The highest BCUT2D eigenvalue weighted by Gasteiger charge is 2.25. The Hall–Kier alpha value is -0.830. The molecule has 1 amide bonds. The van der Waals surface area contributed by atoms with E-state index in [0.29, 0.717) is 6.61 Å². The van der Waals surface area contributed by atoms with Gasteiger partial charge >= 0.3 is 0 Å². The lowest BCUT2D eigenvalue weighted by Gasteiger charge is -2.26. The van der Waals surface area contributed by atoms with Gasteiger partial charge in [-0.2, -0.15) is 0 Å². The van der Waals surface area contributed by atoms with Gasteiger partial charge in [0.15, 0.2) is 0 Å². The fourth-order valence-electron chi connectivity index (χ4n) is 1.18.